The number of ether oxygens (including phenoxy) is 1. The minimum atomic E-state index is -4.68. The summed E-state index contributed by atoms with van der Waals surface area (Å²) in [5.41, 5.74) is -0.464. The number of anilines is 3. The van der Waals surface area contributed by atoms with Crippen LogP contribution in [-0.4, -0.2) is 55.2 Å². The number of hydrogen-bond donors (Lipinski definition) is 2. The number of aromatic nitrogens is 6. The van der Waals surface area contributed by atoms with Gasteiger partial charge in [-0.3, -0.25) is 0 Å². The maximum atomic E-state index is 14.9. The quantitative estimate of drug-likeness (QED) is 0.252. The predicted octanol–water partition coefficient (Wildman–Crippen LogP) is 5.46. The Morgan fingerprint density at radius 1 is 1.10 bits per heavy atom. The predicted molar refractivity (Wildman–Crippen MR) is 138 cm³/mol. The van der Waals surface area contributed by atoms with Crippen molar-refractivity contribution in [2.75, 3.05) is 31.8 Å². The van der Waals surface area contributed by atoms with Gasteiger partial charge in [0.25, 0.3) is 0 Å². The minimum absolute atomic E-state index is 0.0292. The molecule has 39 heavy (non-hydrogen) atoms. The third-order valence-corrected chi connectivity index (χ3v) is 6.26. The van der Waals surface area contributed by atoms with Gasteiger partial charge in [-0.2, -0.15) is 23.3 Å². The summed E-state index contributed by atoms with van der Waals surface area (Å²) in [5, 5.41) is 9.99. The molecule has 0 aliphatic rings. The zero-order valence-corrected chi connectivity index (χ0v) is 21.9. The highest BCUT2D eigenvalue weighted by molar-refractivity contribution is 6.36. The lowest BCUT2D eigenvalue weighted by molar-refractivity contribution is -0.138. The summed E-state index contributed by atoms with van der Waals surface area (Å²) in [6.07, 6.45) is 1.41. The second kappa shape index (κ2) is 9.85. The molecule has 0 saturated carbocycles. The topological polar surface area (TPSA) is 97.4 Å². The average molecular weight is 564 g/mol. The highest BCUT2D eigenvalue weighted by Crippen LogP contribution is 2.39. The van der Waals surface area contributed by atoms with Crippen LogP contribution in [-0.2, 0) is 19.8 Å². The Balaban J connectivity index is 1.52. The van der Waals surface area contributed by atoms with Gasteiger partial charge in [0.15, 0.2) is 28.5 Å². The minimum Gasteiger partial charge on any atom is -0.450 e. The molecule has 0 radical (unpaired) electrons. The molecule has 0 amide bonds. The molecule has 0 aliphatic carbocycles. The third-order valence-electron chi connectivity index (χ3n) is 5.89. The Labute approximate surface area is 224 Å². The van der Waals surface area contributed by atoms with E-state index in [1.807, 2.05) is 0 Å². The van der Waals surface area contributed by atoms with Gasteiger partial charge in [0, 0.05) is 33.0 Å². The van der Waals surface area contributed by atoms with Gasteiger partial charge in [-0.1, -0.05) is 11.6 Å². The number of pyridine rings is 1. The summed E-state index contributed by atoms with van der Waals surface area (Å²) < 4.78 is 65.2. The lowest BCUT2D eigenvalue weighted by Gasteiger charge is -2.18. The first-order valence-electron chi connectivity index (χ1n) is 11.5. The van der Waals surface area contributed by atoms with Crippen LogP contribution in [0.1, 0.15) is 11.1 Å². The molecule has 204 valence electrons. The molecule has 0 aliphatic heterocycles. The summed E-state index contributed by atoms with van der Waals surface area (Å²) in [6, 6.07) is 1.60. The van der Waals surface area contributed by atoms with E-state index < -0.39 is 23.2 Å². The number of hydrogen-bond acceptors (Lipinski definition) is 8. The fraction of sp³-hybridized carbons (Fsp3) is 0.250. The van der Waals surface area contributed by atoms with E-state index in [1.54, 1.807) is 45.1 Å². The Morgan fingerprint density at radius 2 is 1.87 bits per heavy atom. The molecular weight excluding hydrogens is 542 g/mol. The van der Waals surface area contributed by atoms with Crippen molar-refractivity contribution in [1.29, 1.82) is 0 Å². The first kappa shape index (κ1) is 26.4. The first-order valence-corrected chi connectivity index (χ1v) is 11.9. The average Bonchev–Trinajstić information content (AvgIpc) is 3.42. The summed E-state index contributed by atoms with van der Waals surface area (Å²) in [6.45, 7) is -0.0841. The van der Waals surface area contributed by atoms with E-state index in [0.717, 1.165) is 12.1 Å². The smallest absolute Gasteiger partial charge is 0.416 e. The molecule has 0 unspecified atom stereocenters. The van der Waals surface area contributed by atoms with Crippen LogP contribution in [0.15, 0.2) is 36.9 Å². The van der Waals surface area contributed by atoms with Gasteiger partial charge in [0.1, 0.15) is 16.4 Å². The fourth-order valence-corrected chi connectivity index (χ4v) is 4.45. The zero-order chi connectivity index (χ0) is 28.1. The maximum absolute atomic E-state index is 14.9. The van der Waals surface area contributed by atoms with Crippen LogP contribution in [0.25, 0.3) is 16.7 Å². The second-order valence-corrected chi connectivity index (χ2v) is 9.26. The maximum Gasteiger partial charge on any atom is 0.416 e. The van der Waals surface area contributed by atoms with Gasteiger partial charge < -0.3 is 24.8 Å². The van der Waals surface area contributed by atoms with Crippen LogP contribution >= 0.6 is 11.6 Å². The molecule has 1 aromatic carbocycles. The standard InChI is InChI=1S/C24H22ClF4N9O/c1-30-21-19-17(10-33-38(19)6-5-31-21)39-16-9-32-22-20(18(16)25)37(4)23(35-22)34-15-8-13(24(27,28)29)12(7-14(15)26)11-36(2)3/h5-10H,11H2,1-4H3,(H,30,31)(H,32,34,35). The molecular formula is C24H22ClF4N9O. The normalized spacial score (nSPS) is 12.1. The Kier molecular flexibility index (Phi) is 6.68. The van der Waals surface area contributed by atoms with Gasteiger partial charge in [0.05, 0.1) is 23.6 Å². The number of nitrogens with one attached hydrogen (secondary N) is 2. The van der Waals surface area contributed by atoms with E-state index in [0.29, 0.717) is 22.6 Å². The molecule has 0 atom stereocenters. The SMILES string of the molecule is CNc1nccn2ncc(Oc3cnc4nc(Nc5cc(C(F)(F)F)c(CN(C)C)cc5F)n(C)c4c3Cl)c12. The number of rotatable bonds is 7. The van der Waals surface area contributed by atoms with Crippen molar-refractivity contribution >= 4 is 45.7 Å². The molecule has 4 aromatic heterocycles. The fourth-order valence-electron chi connectivity index (χ4n) is 4.15. The van der Waals surface area contributed by atoms with Gasteiger partial charge in [-0.25, -0.2) is 18.9 Å². The van der Waals surface area contributed by atoms with E-state index in [-0.39, 0.29) is 34.5 Å². The first-order chi connectivity index (χ1) is 18.5. The van der Waals surface area contributed by atoms with E-state index >= 15 is 0 Å². The third kappa shape index (κ3) is 4.88. The zero-order valence-electron chi connectivity index (χ0n) is 21.1. The number of fused-ring (bicyclic) bond motifs is 2. The molecule has 0 spiro atoms. The second-order valence-electron chi connectivity index (χ2n) is 8.88. The van der Waals surface area contributed by atoms with Crippen molar-refractivity contribution in [1.82, 2.24) is 34.0 Å². The van der Waals surface area contributed by atoms with Gasteiger partial charge in [0.2, 0.25) is 5.95 Å². The summed E-state index contributed by atoms with van der Waals surface area (Å²) in [5.74, 6) is 0.228. The number of halogens is 5. The molecule has 0 bridgehead atoms. The summed E-state index contributed by atoms with van der Waals surface area (Å²) >= 11 is 6.65. The molecule has 5 rings (SSSR count). The van der Waals surface area contributed by atoms with Crippen LogP contribution < -0.4 is 15.4 Å². The van der Waals surface area contributed by atoms with Gasteiger partial charge >= 0.3 is 6.18 Å². The Morgan fingerprint density at radius 3 is 2.56 bits per heavy atom. The van der Waals surface area contributed by atoms with Gasteiger partial charge in [-0.05, 0) is 31.8 Å². The number of imidazole rings is 1. The van der Waals surface area contributed by atoms with Crippen molar-refractivity contribution in [2.45, 2.75) is 12.7 Å². The van der Waals surface area contributed by atoms with Crippen molar-refractivity contribution in [3.8, 4) is 11.5 Å². The largest absolute Gasteiger partial charge is 0.450 e. The number of aryl methyl sites for hydroxylation is 1. The van der Waals surface area contributed by atoms with Crippen LogP contribution in [0.4, 0.5) is 35.0 Å². The Hall–Kier alpha value is -4.17. The van der Waals surface area contributed by atoms with Crippen LogP contribution in [0.2, 0.25) is 5.02 Å². The molecule has 15 heteroatoms. The monoisotopic (exact) mass is 563 g/mol. The number of alkyl halides is 3. The van der Waals surface area contributed by atoms with Crippen LogP contribution in [0, 0.1) is 5.82 Å². The van der Waals surface area contributed by atoms with Crippen molar-refractivity contribution < 1.29 is 22.3 Å². The van der Waals surface area contributed by atoms with Crippen LogP contribution in [0.3, 0.4) is 0 Å². The molecule has 2 N–H and O–H groups in total. The molecule has 10 nitrogen and oxygen atoms in total. The number of nitrogens with zero attached hydrogens (tertiary/aromatic N) is 7. The highest BCUT2D eigenvalue weighted by Gasteiger charge is 2.35. The number of benzene rings is 1. The lowest BCUT2D eigenvalue weighted by atomic mass is 10.0. The van der Waals surface area contributed by atoms with Crippen LogP contribution in [0.5, 0.6) is 11.5 Å². The molecule has 0 fully saturated rings. The highest BCUT2D eigenvalue weighted by atomic mass is 35.5. The molecule has 5 aromatic rings. The summed E-state index contributed by atoms with van der Waals surface area (Å²) in [7, 11) is 6.48. The van der Waals surface area contributed by atoms with E-state index in [1.165, 1.54) is 21.9 Å². The van der Waals surface area contributed by atoms with E-state index in [4.69, 9.17) is 16.3 Å². The molecule has 0 saturated heterocycles. The van der Waals surface area contributed by atoms with E-state index in [9.17, 15) is 17.6 Å². The lowest BCUT2D eigenvalue weighted by Crippen LogP contribution is -2.17. The Bertz CT molecular complexity index is 1700. The molecule has 4 heterocycles. The van der Waals surface area contributed by atoms with Crippen molar-refractivity contribution in [3.05, 3.63) is 58.9 Å². The van der Waals surface area contributed by atoms with E-state index in [2.05, 4.69) is 30.7 Å². The summed E-state index contributed by atoms with van der Waals surface area (Å²) in [4.78, 5) is 14.3. The van der Waals surface area contributed by atoms with Gasteiger partial charge in [-0.15, -0.1) is 0 Å². The van der Waals surface area contributed by atoms with Crippen molar-refractivity contribution in [2.24, 2.45) is 7.05 Å². The van der Waals surface area contributed by atoms with Crippen molar-refractivity contribution in [3.63, 3.8) is 0 Å².